The van der Waals surface area contributed by atoms with Gasteiger partial charge in [0.25, 0.3) is 0 Å². The second-order valence-electron chi connectivity index (χ2n) is 3.64. The zero-order chi connectivity index (χ0) is 10.4. The lowest BCUT2D eigenvalue weighted by molar-refractivity contribution is 0.0192. The lowest BCUT2D eigenvalue weighted by atomic mass is 10.0. The van der Waals surface area contributed by atoms with Gasteiger partial charge in [-0.2, -0.15) is 0 Å². The van der Waals surface area contributed by atoms with Crippen molar-refractivity contribution in [2.75, 3.05) is 13.2 Å². The molecule has 2 unspecified atom stereocenters. The first-order valence-corrected chi connectivity index (χ1v) is 5.01. The first kappa shape index (κ1) is 11.2. The SMILES string of the molecule is CC(CO)OCC(C)c1ccccc1. The van der Waals surface area contributed by atoms with Crippen molar-refractivity contribution in [3.63, 3.8) is 0 Å². The van der Waals surface area contributed by atoms with Crippen LogP contribution < -0.4 is 0 Å². The van der Waals surface area contributed by atoms with E-state index in [2.05, 4.69) is 19.1 Å². The number of hydrogen-bond acceptors (Lipinski definition) is 2. The first-order valence-electron chi connectivity index (χ1n) is 5.01. The second-order valence-corrected chi connectivity index (χ2v) is 3.64. The summed E-state index contributed by atoms with van der Waals surface area (Å²) in [5, 5.41) is 8.79. The summed E-state index contributed by atoms with van der Waals surface area (Å²) in [6, 6.07) is 10.3. The maximum absolute atomic E-state index is 8.79. The van der Waals surface area contributed by atoms with E-state index in [1.807, 2.05) is 25.1 Å². The molecule has 0 aliphatic heterocycles. The summed E-state index contributed by atoms with van der Waals surface area (Å²) in [4.78, 5) is 0. The van der Waals surface area contributed by atoms with Crippen LogP contribution in [0.1, 0.15) is 25.3 Å². The van der Waals surface area contributed by atoms with Gasteiger partial charge in [0, 0.05) is 5.92 Å². The molecule has 2 heteroatoms. The highest BCUT2D eigenvalue weighted by Gasteiger charge is 2.07. The molecule has 14 heavy (non-hydrogen) atoms. The summed E-state index contributed by atoms with van der Waals surface area (Å²) in [6.45, 7) is 4.74. The zero-order valence-corrected chi connectivity index (χ0v) is 8.81. The Balaban J connectivity index is 2.39. The Labute approximate surface area is 85.5 Å². The topological polar surface area (TPSA) is 29.5 Å². The molecule has 78 valence electrons. The van der Waals surface area contributed by atoms with Gasteiger partial charge in [0.05, 0.1) is 19.3 Å². The molecule has 0 aliphatic carbocycles. The molecule has 0 bridgehead atoms. The fourth-order valence-electron chi connectivity index (χ4n) is 1.24. The highest BCUT2D eigenvalue weighted by molar-refractivity contribution is 5.18. The van der Waals surface area contributed by atoms with Crippen molar-refractivity contribution in [2.24, 2.45) is 0 Å². The van der Waals surface area contributed by atoms with E-state index >= 15 is 0 Å². The van der Waals surface area contributed by atoms with E-state index in [1.54, 1.807) is 0 Å². The molecular weight excluding hydrogens is 176 g/mol. The summed E-state index contributed by atoms with van der Waals surface area (Å²) in [5.41, 5.74) is 1.28. The van der Waals surface area contributed by atoms with Gasteiger partial charge in [-0.15, -0.1) is 0 Å². The number of hydrogen-bond donors (Lipinski definition) is 1. The van der Waals surface area contributed by atoms with Crippen molar-refractivity contribution in [3.05, 3.63) is 35.9 Å². The quantitative estimate of drug-likeness (QED) is 0.778. The highest BCUT2D eigenvalue weighted by Crippen LogP contribution is 2.15. The average molecular weight is 194 g/mol. The third kappa shape index (κ3) is 3.48. The maximum Gasteiger partial charge on any atom is 0.0777 e. The van der Waals surface area contributed by atoms with Crippen molar-refractivity contribution in [3.8, 4) is 0 Å². The summed E-state index contributed by atoms with van der Waals surface area (Å²) >= 11 is 0. The third-order valence-electron chi connectivity index (χ3n) is 2.26. The van der Waals surface area contributed by atoms with Crippen LogP contribution in [0.3, 0.4) is 0 Å². The summed E-state index contributed by atoms with van der Waals surface area (Å²) in [5.74, 6) is 0.380. The zero-order valence-electron chi connectivity index (χ0n) is 8.81. The molecule has 1 N–H and O–H groups in total. The van der Waals surface area contributed by atoms with Gasteiger partial charge in [0.15, 0.2) is 0 Å². The molecule has 0 aliphatic rings. The van der Waals surface area contributed by atoms with Gasteiger partial charge in [-0.05, 0) is 12.5 Å². The van der Waals surface area contributed by atoms with Crippen molar-refractivity contribution in [2.45, 2.75) is 25.9 Å². The summed E-state index contributed by atoms with van der Waals surface area (Å²) in [6.07, 6.45) is -0.0684. The normalized spacial score (nSPS) is 15.1. The van der Waals surface area contributed by atoms with Crippen molar-refractivity contribution in [1.29, 1.82) is 0 Å². The molecule has 1 aromatic rings. The molecule has 1 aromatic carbocycles. The van der Waals surface area contributed by atoms with Crippen molar-refractivity contribution < 1.29 is 9.84 Å². The smallest absolute Gasteiger partial charge is 0.0777 e. The van der Waals surface area contributed by atoms with Crippen LogP contribution in [0, 0.1) is 0 Å². The van der Waals surface area contributed by atoms with Gasteiger partial charge in [-0.1, -0.05) is 37.3 Å². The predicted molar refractivity (Wildman–Crippen MR) is 57.4 cm³/mol. The van der Waals surface area contributed by atoms with Gasteiger partial charge in [-0.25, -0.2) is 0 Å². The molecule has 0 aromatic heterocycles. The summed E-state index contributed by atoms with van der Waals surface area (Å²) < 4.78 is 5.46. The minimum absolute atomic E-state index is 0.0684. The van der Waals surface area contributed by atoms with Gasteiger partial charge in [0.2, 0.25) is 0 Å². The molecule has 0 saturated carbocycles. The van der Waals surface area contributed by atoms with Crippen LogP contribution >= 0.6 is 0 Å². The van der Waals surface area contributed by atoms with Crippen LogP contribution in [0.5, 0.6) is 0 Å². The number of benzene rings is 1. The van der Waals surface area contributed by atoms with E-state index in [1.165, 1.54) is 5.56 Å². The Morgan fingerprint density at radius 1 is 1.21 bits per heavy atom. The molecular formula is C12H18O2. The number of aliphatic hydroxyl groups is 1. The van der Waals surface area contributed by atoms with E-state index < -0.39 is 0 Å². The number of aliphatic hydroxyl groups excluding tert-OH is 1. The average Bonchev–Trinajstić information content (AvgIpc) is 2.26. The maximum atomic E-state index is 8.79. The fraction of sp³-hybridized carbons (Fsp3) is 0.500. The highest BCUT2D eigenvalue weighted by atomic mass is 16.5. The standard InChI is InChI=1S/C12H18O2/c1-10(9-14-11(2)8-13)12-6-4-3-5-7-12/h3-7,10-11,13H,8-9H2,1-2H3. The molecule has 2 nitrogen and oxygen atoms in total. The monoisotopic (exact) mass is 194 g/mol. The van der Waals surface area contributed by atoms with E-state index in [0.717, 1.165) is 0 Å². The molecule has 0 radical (unpaired) electrons. The number of ether oxygens (including phenoxy) is 1. The Hall–Kier alpha value is -0.860. The Morgan fingerprint density at radius 3 is 2.43 bits per heavy atom. The summed E-state index contributed by atoms with van der Waals surface area (Å²) in [7, 11) is 0. The van der Waals surface area contributed by atoms with Crippen molar-refractivity contribution >= 4 is 0 Å². The molecule has 0 heterocycles. The van der Waals surface area contributed by atoms with Crippen LogP contribution in [0.2, 0.25) is 0 Å². The van der Waals surface area contributed by atoms with E-state index in [4.69, 9.17) is 9.84 Å². The fourth-order valence-corrected chi connectivity index (χ4v) is 1.24. The van der Waals surface area contributed by atoms with Gasteiger partial charge >= 0.3 is 0 Å². The molecule has 0 amide bonds. The largest absolute Gasteiger partial charge is 0.394 e. The molecule has 0 fully saturated rings. The minimum Gasteiger partial charge on any atom is -0.394 e. The molecule has 1 rings (SSSR count). The van der Waals surface area contributed by atoms with Gasteiger partial charge < -0.3 is 9.84 Å². The Morgan fingerprint density at radius 2 is 1.86 bits per heavy atom. The van der Waals surface area contributed by atoms with Crippen LogP contribution in [0.25, 0.3) is 0 Å². The molecule has 0 spiro atoms. The van der Waals surface area contributed by atoms with Crippen LogP contribution in [0.4, 0.5) is 0 Å². The van der Waals surface area contributed by atoms with E-state index in [0.29, 0.717) is 12.5 Å². The van der Waals surface area contributed by atoms with Crippen LogP contribution in [-0.4, -0.2) is 24.4 Å². The van der Waals surface area contributed by atoms with Crippen LogP contribution in [0.15, 0.2) is 30.3 Å². The Bertz CT molecular complexity index is 246. The predicted octanol–water partition coefficient (Wildman–Crippen LogP) is 2.19. The molecule has 0 saturated heterocycles. The number of rotatable bonds is 5. The lowest BCUT2D eigenvalue weighted by Crippen LogP contribution is -2.16. The van der Waals surface area contributed by atoms with Crippen LogP contribution in [-0.2, 0) is 4.74 Å². The minimum atomic E-state index is -0.0684. The Kier molecular flexibility index (Phi) is 4.63. The van der Waals surface area contributed by atoms with Gasteiger partial charge in [0.1, 0.15) is 0 Å². The van der Waals surface area contributed by atoms with Gasteiger partial charge in [-0.3, -0.25) is 0 Å². The second kappa shape index (κ2) is 5.78. The lowest BCUT2D eigenvalue weighted by Gasteiger charge is -2.15. The van der Waals surface area contributed by atoms with Crippen molar-refractivity contribution in [1.82, 2.24) is 0 Å². The first-order chi connectivity index (χ1) is 6.74. The third-order valence-corrected chi connectivity index (χ3v) is 2.26. The van der Waals surface area contributed by atoms with E-state index in [9.17, 15) is 0 Å². The molecule has 2 atom stereocenters. The van der Waals surface area contributed by atoms with E-state index in [-0.39, 0.29) is 12.7 Å².